The summed E-state index contributed by atoms with van der Waals surface area (Å²) in [6.45, 7) is 1.36. The number of likely N-dealkylation sites (tertiary alicyclic amines) is 1. The summed E-state index contributed by atoms with van der Waals surface area (Å²) in [7, 11) is 0. The van der Waals surface area contributed by atoms with Crippen molar-refractivity contribution in [2.75, 3.05) is 19.6 Å². The summed E-state index contributed by atoms with van der Waals surface area (Å²) in [6, 6.07) is 1.20. The van der Waals surface area contributed by atoms with Gasteiger partial charge in [-0.1, -0.05) is 0 Å². The number of carbonyl (C=O) groups is 2. The van der Waals surface area contributed by atoms with E-state index in [9.17, 15) is 19.2 Å². The standard InChI is InChI=1S/C14H18N4O5/c19-10-2-6-18(12(21)16-10)8-11(20)17-5-1-3-14(4-7-17)9-15-13(22)23-14/h2,6H,1,3-5,7-9H2,(H,15,22)(H,16,19,21). The molecule has 23 heavy (non-hydrogen) atoms. The van der Waals surface area contributed by atoms with Gasteiger partial charge in [0, 0.05) is 31.8 Å². The van der Waals surface area contributed by atoms with Crippen molar-refractivity contribution in [2.45, 2.75) is 31.4 Å². The lowest BCUT2D eigenvalue weighted by atomic mass is 9.95. The zero-order valence-corrected chi connectivity index (χ0v) is 12.5. The van der Waals surface area contributed by atoms with Gasteiger partial charge in [-0.05, 0) is 12.8 Å². The fraction of sp³-hybridized carbons (Fsp3) is 0.571. The third-order valence-electron chi connectivity index (χ3n) is 4.32. The average molecular weight is 322 g/mol. The van der Waals surface area contributed by atoms with E-state index in [0.29, 0.717) is 32.5 Å². The lowest BCUT2D eigenvalue weighted by molar-refractivity contribution is -0.132. The van der Waals surface area contributed by atoms with Gasteiger partial charge in [0.15, 0.2) is 0 Å². The predicted octanol–water partition coefficient (Wildman–Crippen LogP) is -0.972. The SMILES string of the molecule is O=C1NCC2(CCCN(C(=O)Cn3ccc(=O)[nH]c3=O)CC2)O1. The summed E-state index contributed by atoms with van der Waals surface area (Å²) < 4.78 is 6.53. The normalized spacial score (nSPS) is 24.2. The highest BCUT2D eigenvalue weighted by atomic mass is 16.6. The highest BCUT2D eigenvalue weighted by Crippen LogP contribution is 2.29. The van der Waals surface area contributed by atoms with Gasteiger partial charge in [-0.2, -0.15) is 0 Å². The van der Waals surface area contributed by atoms with E-state index in [2.05, 4.69) is 10.3 Å². The Labute approximate surface area is 131 Å². The second-order valence-electron chi connectivity index (χ2n) is 5.90. The Morgan fingerprint density at radius 3 is 2.78 bits per heavy atom. The van der Waals surface area contributed by atoms with Gasteiger partial charge < -0.3 is 15.0 Å². The molecule has 0 aliphatic carbocycles. The van der Waals surface area contributed by atoms with E-state index < -0.39 is 22.9 Å². The Bertz CT molecular complexity index is 739. The Morgan fingerprint density at radius 1 is 1.26 bits per heavy atom. The number of carbonyl (C=O) groups excluding carboxylic acids is 2. The lowest BCUT2D eigenvalue weighted by Crippen LogP contribution is -2.40. The van der Waals surface area contributed by atoms with Gasteiger partial charge in [0.1, 0.15) is 12.1 Å². The molecule has 1 unspecified atom stereocenters. The lowest BCUT2D eigenvalue weighted by Gasteiger charge is -2.25. The van der Waals surface area contributed by atoms with Crippen molar-refractivity contribution < 1.29 is 14.3 Å². The topological polar surface area (TPSA) is 113 Å². The summed E-state index contributed by atoms with van der Waals surface area (Å²) in [5, 5.41) is 2.66. The van der Waals surface area contributed by atoms with E-state index in [-0.39, 0.29) is 12.5 Å². The van der Waals surface area contributed by atoms with Crippen molar-refractivity contribution in [3.05, 3.63) is 33.1 Å². The van der Waals surface area contributed by atoms with Crippen LogP contribution in [0.2, 0.25) is 0 Å². The largest absolute Gasteiger partial charge is 0.441 e. The Hall–Kier alpha value is -2.58. The van der Waals surface area contributed by atoms with Gasteiger partial charge in [0.25, 0.3) is 5.56 Å². The van der Waals surface area contributed by atoms with Crippen LogP contribution in [0, 0.1) is 0 Å². The van der Waals surface area contributed by atoms with Crippen molar-refractivity contribution in [1.82, 2.24) is 19.8 Å². The number of H-pyrrole nitrogens is 1. The maximum absolute atomic E-state index is 12.4. The Kier molecular flexibility index (Phi) is 3.93. The van der Waals surface area contributed by atoms with Crippen LogP contribution < -0.4 is 16.6 Å². The van der Waals surface area contributed by atoms with Crippen molar-refractivity contribution in [2.24, 2.45) is 0 Å². The molecule has 0 saturated carbocycles. The van der Waals surface area contributed by atoms with Crippen molar-refractivity contribution in [3.63, 3.8) is 0 Å². The van der Waals surface area contributed by atoms with Gasteiger partial charge >= 0.3 is 11.8 Å². The highest BCUT2D eigenvalue weighted by molar-refractivity contribution is 5.76. The smallest absolute Gasteiger partial charge is 0.407 e. The Balaban J connectivity index is 1.65. The van der Waals surface area contributed by atoms with Gasteiger partial charge in [-0.25, -0.2) is 9.59 Å². The van der Waals surface area contributed by atoms with Gasteiger partial charge in [-0.15, -0.1) is 0 Å². The first kappa shape index (κ1) is 15.3. The average Bonchev–Trinajstić information content (AvgIpc) is 2.74. The molecular weight excluding hydrogens is 304 g/mol. The zero-order valence-electron chi connectivity index (χ0n) is 12.5. The first-order valence-corrected chi connectivity index (χ1v) is 7.52. The molecule has 2 aliphatic rings. The maximum Gasteiger partial charge on any atom is 0.407 e. The molecule has 3 rings (SSSR count). The summed E-state index contributed by atoms with van der Waals surface area (Å²) in [4.78, 5) is 50.1. The van der Waals surface area contributed by atoms with Crippen LogP contribution in [0.3, 0.4) is 0 Å². The summed E-state index contributed by atoms with van der Waals surface area (Å²) in [5.41, 5.74) is -1.63. The maximum atomic E-state index is 12.4. The van der Waals surface area contributed by atoms with Crippen LogP contribution in [-0.2, 0) is 16.1 Å². The number of aromatic nitrogens is 2. The molecule has 9 heteroatoms. The summed E-state index contributed by atoms with van der Waals surface area (Å²) in [5.74, 6) is -0.200. The third kappa shape index (κ3) is 3.27. The molecule has 3 heterocycles. The molecule has 2 saturated heterocycles. The van der Waals surface area contributed by atoms with Crippen LogP contribution in [0.4, 0.5) is 4.79 Å². The molecule has 1 spiro atoms. The molecule has 2 aliphatic heterocycles. The van der Waals surface area contributed by atoms with Gasteiger partial charge in [-0.3, -0.25) is 19.1 Å². The monoisotopic (exact) mass is 322 g/mol. The van der Waals surface area contributed by atoms with Gasteiger partial charge in [0.2, 0.25) is 5.91 Å². The summed E-state index contributed by atoms with van der Waals surface area (Å²) in [6.07, 6.45) is 2.89. The van der Waals surface area contributed by atoms with E-state index in [1.54, 1.807) is 4.90 Å². The van der Waals surface area contributed by atoms with Crippen LogP contribution in [0.5, 0.6) is 0 Å². The number of nitrogens with zero attached hydrogens (tertiary/aromatic N) is 2. The van der Waals surface area contributed by atoms with E-state index in [1.807, 2.05) is 0 Å². The fourth-order valence-corrected chi connectivity index (χ4v) is 3.01. The van der Waals surface area contributed by atoms with Crippen molar-refractivity contribution in [3.8, 4) is 0 Å². The molecule has 2 amide bonds. The van der Waals surface area contributed by atoms with E-state index in [1.165, 1.54) is 16.8 Å². The number of alkyl carbamates (subject to hydrolysis) is 1. The number of amides is 2. The zero-order chi connectivity index (χ0) is 16.4. The molecule has 1 atom stereocenters. The van der Waals surface area contributed by atoms with E-state index in [0.717, 1.165) is 6.42 Å². The van der Waals surface area contributed by atoms with Crippen molar-refractivity contribution >= 4 is 12.0 Å². The molecule has 2 N–H and O–H groups in total. The van der Waals surface area contributed by atoms with Gasteiger partial charge in [0.05, 0.1) is 6.54 Å². The van der Waals surface area contributed by atoms with E-state index >= 15 is 0 Å². The molecule has 124 valence electrons. The van der Waals surface area contributed by atoms with Crippen LogP contribution in [-0.4, -0.2) is 51.7 Å². The van der Waals surface area contributed by atoms with Crippen molar-refractivity contribution in [1.29, 1.82) is 0 Å². The van der Waals surface area contributed by atoms with E-state index in [4.69, 9.17) is 4.74 Å². The van der Waals surface area contributed by atoms with Crippen LogP contribution >= 0.6 is 0 Å². The second kappa shape index (κ2) is 5.90. The first-order chi connectivity index (χ1) is 11.0. The Morgan fingerprint density at radius 2 is 2.09 bits per heavy atom. The number of hydrogen-bond acceptors (Lipinski definition) is 5. The number of nitrogens with one attached hydrogen (secondary N) is 2. The minimum Gasteiger partial charge on any atom is -0.441 e. The molecule has 9 nitrogen and oxygen atoms in total. The first-order valence-electron chi connectivity index (χ1n) is 7.52. The minimum atomic E-state index is -0.605. The van der Waals surface area contributed by atoms with Crippen LogP contribution in [0.25, 0.3) is 0 Å². The third-order valence-corrected chi connectivity index (χ3v) is 4.32. The van der Waals surface area contributed by atoms with Crippen LogP contribution in [0.15, 0.2) is 21.9 Å². The molecule has 2 fully saturated rings. The minimum absolute atomic E-state index is 0.124. The molecule has 0 radical (unpaired) electrons. The quantitative estimate of drug-likeness (QED) is 0.727. The molecule has 0 aromatic carbocycles. The fourth-order valence-electron chi connectivity index (χ4n) is 3.01. The number of ether oxygens (including phenoxy) is 1. The second-order valence-corrected chi connectivity index (χ2v) is 5.90. The molecule has 1 aromatic rings. The highest BCUT2D eigenvalue weighted by Gasteiger charge is 2.41. The number of hydrogen-bond donors (Lipinski definition) is 2. The number of aromatic amines is 1. The summed E-state index contributed by atoms with van der Waals surface area (Å²) >= 11 is 0. The molecular formula is C14H18N4O5. The predicted molar refractivity (Wildman–Crippen MR) is 79.0 cm³/mol. The molecule has 1 aromatic heterocycles. The van der Waals surface area contributed by atoms with Crippen LogP contribution in [0.1, 0.15) is 19.3 Å². The number of rotatable bonds is 2. The molecule has 0 bridgehead atoms.